The fourth-order valence-electron chi connectivity index (χ4n) is 1.38. The summed E-state index contributed by atoms with van der Waals surface area (Å²) in [6, 6.07) is 4.52. The van der Waals surface area contributed by atoms with Crippen LogP contribution in [0.3, 0.4) is 0 Å². The SMILES string of the molecule is CSCC(C)(O)CNS(=O)(=O)c1ccc(Br)cc1Cl. The van der Waals surface area contributed by atoms with E-state index in [0.717, 1.165) is 0 Å². The second-order valence-electron chi connectivity index (χ2n) is 4.33. The van der Waals surface area contributed by atoms with E-state index in [-0.39, 0.29) is 16.5 Å². The molecule has 0 heterocycles. The highest BCUT2D eigenvalue weighted by Crippen LogP contribution is 2.25. The van der Waals surface area contributed by atoms with E-state index in [1.165, 1.54) is 23.9 Å². The van der Waals surface area contributed by atoms with Crippen LogP contribution in [0.5, 0.6) is 0 Å². The third-order valence-corrected chi connectivity index (χ3v) is 5.57. The Morgan fingerprint density at radius 3 is 2.68 bits per heavy atom. The van der Waals surface area contributed by atoms with Crippen LogP contribution < -0.4 is 4.72 Å². The third kappa shape index (κ3) is 5.24. The first-order chi connectivity index (χ1) is 8.68. The van der Waals surface area contributed by atoms with Crippen LogP contribution in [-0.4, -0.2) is 37.7 Å². The molecule has 0 aliphatic rings. The maximum absolute atomic E-state index is 12.1. The number of benzene rings is 1. The first-order valence-electron chi connectivity index (χ1n) is 5.34. The molecular weight excluding hydrogens is 374 g/mol. The highest BCUT2D eigenvalue weighted by molar-refractivity contribution is 9.10. The van der Waals surface area contributed by atoms with Crippen LogP contribution >= 0.6 is 39.3 Å². The first kappa shape index (κ1) is 17.3. The number of sulfonamides is 1. The maximum atomic E-state index is 12.1. The van der Waals surface area contributed by atoms with Gasteiger partial charge in [-0.15, -0.1) is 0 Å². The van der Waals surface area contributed by atoms with Gasteiger partial charge in [-0.05, 0) is 31.4 Å². The highest BCUT2D eigenvalue weighted by atomic mass is 79.9. The van der Waals surface area contributed by atoms with Gasteiger partial charge in [-0.3, -0.25) is 0 Å². The van der Waals surface area contributed by atoms with Crippen molar-refractivity contribution in [3.8, 4) is 0 Å². The van der Waals surface area contributed by atoms with Gasteiger partial charge in [-0.1, -0.05) is 27.5 Å². The molecule has 1 aromatic rings. The summed E-state index contributed by atoms with van der Waals surface area (Å²) < 4.78 is 27.2. The second kappa shape index (κ2) is 6.78. The maximum Gasteiger partial charge on any atom is 0.242 e. The highest BCUT2D eigenvalue weighted by Gasteiger charge is 2.25. The molecule has 108 valence electrons. The Hall–Kier alpha value is 0.210. The van der Waals surface area contributed by atoms with E-state index in [1.54, 1.807) is 13.0 Å². The molecule has 0 saturated heterocycles. The lowest BCUT2D eigenvalue weighted by atomic mass is 10.1. The van der Waals surface area contributed by atoms with Crippen molar-refractivity contribution in [2.75, 3.05) is 18.6 Å². The molecule has 1 atom stereocenters. The number of hydrogen-bond donors (Lipinski definition) is 2. The van der Waals surface area contributed by atoms with Crippen LogP contribution in [0.25, 0.3) is 0 Å². The molecular formula is C11H15BrClNO3S2. The van der Waals surface area contributed by atoms with E-state index in [9.17, 15) is 13.5 Å². The second-order valence-corrected chi connectivity index (χ2v) is 8.25. The zero-order chi connectivity index (χ0) is 14.7. The molecule has 0 fully saturated rings. The molecule has 0 aliphatic heterocycles. The molecule has 0 radical (unpaired) electrons. The van der Waals surface area contributed by atoms with Gasteiger partial charge in [0.2, 0.25) is 10.0 Å². The predicted octanol–water partition coefficient (Wildman–Crippen LogP) is 2.49. The monoisotopic (exact) mass is 387 g/mol. The van der Waals surface area contributed by atoms with E-state index >= 15 is 0 Å². The molecule has 0 saturated carbocycles. The molecule has 8 heteroatoms. The van der Waals surface area contributed by atoms with Crippen LogP contribution in [-0.2, 0) is 10.0 Å². The number of nitrogens with one attached hydrogen (secondary N) is 1. The van der Waals surface area contributed by atoms with Gasteiger partial charge in [-0.2, -0.15) is 11.8 Å². The van der Waals surface area contributed by atoms with E-state index < -0.39 is 15.6 Å². The molecule has 0 spiro atoms. The van der Waals surface area contributed by atoms with Crippen molar-refractivity contribution in [2.45, 2.75) is 17.4 Å². The Kier molecular flexibility index (Phi) is 6.16. The van der Waals surface area contributed by atoms with Gasteiger partial charge in [0.25, 0.3) is 0 Å². The standard InChI is InChI=1S/C11H15BrClNO3S2/c1-11(15,7-18-2)6-14-19(16,17)10-4-3-8(12)5-9(10)13/h3-5,14-15H,6-7H2,1-2H3. The summed E-state index contributed by atoms with van der Waals surface area (Å²) >= 11 is 10.6. The quantitative estimate of drug-likeness (QED) is 0.786. The van der Waals surface area contributed by atoms with Crippen molar-refractivity contribution in [3.05, 3.63) is 27.7 Å². The van der Waals surface area contributed by atoms with Crippen molar-refractivity contribution in [1.82, 2.24) is 4.72 Å². The minimum absolute atomic E-state index is 0.00248. The van der Waals surface area contributed by atoms with E-state index in [4.69, 9.17) is 11.6 Å². The lowest BCUT2D eigenvalue weighted by molar-refractivity contribution is 0.0908. The van der Waals surface area contributed by atoms with Crippen LogP contribution in [0.2, 0.25) is 5.02 Å². The molecule has 1 rings (SSSR count). The fourth-order valence-corrected chi connectivity index (χ4v) is 4.30. The smallest absolute Gasteiger partial charge is 0.242 e. The molecule has 0 aromatic heterocycles. The molecule has 0 amide bonds. The van der Waals surface area contributed by atoms with Crippen molar-refractivity contribution in [2.24, 2.45) is 0 Å². The zero-order valence-electron chi connectivity index (χ0n) is 10.5. The largest absolute Gasteiger partial charge is 0.388 e. The van der Waals surface area contributed by atoms with E-state index in [1.807, 2.05) is 6.26 Å². The molecule has 19 heavy (non-hydrogen) atoms. The summed E-state index contributed by atoms with van der Waals surface area (Å²) in [5.74, 6) is 0.434. The summed E-state index contributed by atoms with van der Waals surface area (Å²) in [6.07, 6.45) is 1.84. The molecule has 4 nitrogen and oxygen atoms in total. The van der Waals surface area contributed by atoms with E-state index in [2.05, 4.69) is 20.7 Å². The Bertz CT molecular complexity index is 549. The van der Waals surface area contributed by atoms with Crippen LogP contribution in [0, 0.1) is 0 Å². The average Bonchev–Trinajstić information content (AvgIpc) is 2.26. The summed E-state index contributed by atoms with van der Waals surface area (Å²) in [5, 5.41) is 10.1. The van der Waals surface area contributed by atoms with E-state index in [0.29, 0.717) is 10.2 Å². The normalized spacial score (nSPS) is 15.2. The van der Waals surface area contributed by atoms with Gasteiger partial charge in [0, 0.05) is 16.8 Å². The number of hydrogen-bond acceptors (Lipinski definition) is 4. The first-order valence-corrected chi connectivity index (χ1v) is 9.39. The summed E-state index contributed by atoms with van der Waals surface area (Å²) in [7, 11) is -3.73. The van der Waals surface area contributed by atoms with Gasteiger partial charge >= 0.3 is 0 Å². The van der Waals surface area contributed by atoms with Crippen molar-refractivity contribution in [1.29, 1.82) is 0 Å². The third-order valence-electron chi connectivity index (χ3n) is 2.28. The topological polar surface area (TPSA) is 66.4 Å². The minimum Gasteiger partial charge on any atom is -0.388 e. The van der Waals surface area contributed by atoms with Crippen molar-refractivity contribution in [3.63, 3.8) is 0 Å². The molecule has 1 aromatic carbocycles. The molecule has 1 unspecified atom stereocenters. The minimum atomic E-state index is -3.73. The fraction of sp³-hybridized carbons (Fsp3) is 0.455. The summed E-state index contributed by atoms with van der Waals surface area (Å²) in [5.41, 5.74) is -1.10. The molecule has 0 aliphatic carbocycles. The number of aliphatic hydroxyl groups is 1. The lowest BCUT2D eigenvalue weighted by Gasteiger charge is -2.22. The van der Waals surface area contributed by atoms with Gasteiger partial charge in [-0.25, -0.2) is 13.1 Å². The van der Waals surface area contributed by atoms with Crippen LogP contribution in [0.15, 0.2) is 27.6 Å². The predicted molar refractivity (Wildman–Crippen MR) is 83.3 cm³/mol. The summed E-state index contributed by atoms with van der Waals surface area (Å²) in [6.45, 7) is 1.51. The van der Waals surface area contributed by atoms with Gasteiger partial charge in [0.05, 0.1) is 10.6 Å². The van der Waals surface area contributed by atoms with Gasteiger partial charge in [0.1, 0.15) is 4.90 Å². The van der Waals surface area contributed by atoms with Crippen molar-refractivity contribution >= 4 is 49.3 Å². The van der Waals surface area contributed by atoms with Crippen molar-refractivity contribution < 1.29 is 13.5 Å². The van der Waals surface area contributed by atoms with Gasteiger partial charge < -0.3 is 5.11 Å². The summed E-state index contributed by atoms with van der Waals surface area (Å²) in [4.78, 5) is -0.00248. The molecule has 0 bridgehead atoms. The van der Waals surface area contributed by atoms with Crippen LogP contribution in [0.1, 0.15) is 6.92 Å². The number of halogens is 2. The number of thioether (sulfide) groups is 1. The Morgan fingerprint density at radius 1 is 1.53 bits per heavy atom. The van der Waals surface area contributed by atoms with Crippen LogP contribution in [0.4, 0.5) is 0 Å². The Labute approximate surface area is 131 Å². The lowest BCUT2D eigenvalue weighted by Crippen LogP contribution is -2.42. The van der Waals surface area contributed by atoms with Gasteiger partial charge in [0.15, 0.2) is 0 Å². The Morgan fingerprint density at radius 2 is 2.16 bits per heavy atom. The zero-order valence-corrected chi connectivity index (χ0v) is 14.5. The Balaban J connectivity index is 2.87. The number of rotatable bonds is 6. The molecule has 2 N–H and O–H groups in total. The average molecular weight is 389 g/mol.